The molecule has 0 saturated heterocycles. The van der Waals surface area contributed by atoms with Crippen molar-refractivity contribution in [3.05, 3.63) is 34.0 Å². The number of hydrogen-bond acceptors (Lipinski definition) is 5. The lowest BCUT2D eigenvalue weighted by atomic mass is 10.4. The summed E-state index contributed by atoms with van der Waals surface area (Å²) < 4.78 is 29.1. The molecule has 0 aliphatic heterocycles. The molecule has 6 nitrogen and oxygen atoms in total. The van der Waals surface area contributed by atoms with E-state index >= 15 is 0 Å². The molecule has 2 heterocycles. The minimum absolute atomic E-state index is 0.255. The van der Waals surface area contributed by atoms with Gasteiger partial charge in [-0.2, -0.15) is 0 Å². The summed E-state index contributed by atoms with van der Waals surface area (Å²) in [6.45, 7) is 5.27. The van der Waals surface area contributed by atoms with Crippen LogP contribution in [-0.2, 0) is 29.7 Å². The molecule has 0 amide bonds. The van der Waals surface area contributed by atoms with Gasteiger partial charge in [-0.1, -0.05) is 6.92 Å². The smallest absolute Gasteiger partial charge is 0.242 e. The lowest BCUT2D eigenvalue weighted by molar-refractivity contribution is 0.580. The average Bonchev–Trinajstić information content (AvgIpc) is 3.04. The van der Waals surface area contributed by atoms with E-state index in [2.05, 4.69) is 9.71 Å². The number of thiazole rings is 1. The molecule has 0 aliphatic carbocycles. The summed E-state index contributed by atoms with van der Waals surface area (Å²) in [4.78, 5) is 5.26. The molecule has 2 rings (SSSR count). The molecule has 0 aromatic carbocycles. The van der Waals surface area contributed by atoms with E-state index in [0.29, 0.717) is 6.54 Å². The van der Waals surface area contributed by atoms with Gasteiger partial charge in [-0.25, -0.2) is 18.1 Å². The number of rotatable bonds is 7. The first-order chi connectivity index (χ1) is 9.96. The van der Waals surface area contributed by atoms with Gasteiger partial charge in [0.05, 0.1) is 9.90 Å². The van der Waals surface area contributed by atoms with Gasteiger partial charge in [0.15, 0.2) is 0 Å². The van der Waals surface area contributed by atoms with Crippen molar-refractivity contribution >= 4 is 21.4 Å². The summed E-state index contributed by atoms with van der Waals surface area (Å²) in [6.07, 6.45) is 4.26. The summed E-state index contributed by atoms with van der Waals surface area (Å²) in [5.74, 6) is 0. The third-order valence-electron chi connectivity index (χ3n) is 3.05. The van der Waals surface area contributed by atoms with Crippen LogP contribution in [0.1, 0.15) is 28.9 Å². The molecule has 2 aromatic rings. The van der Waals surface area contributed by atoms with E-state index in [9.17, 15) is 8.42 Å². The Bertz CT molecular complexity index is 704. The summed E-state index contributed by atoms with van der Waals surface area (Å²) in [6, 6.07) is 1.63. The number of hydrogen-bond donors (Lipinski definition) is 2. The summed E-state index contributed by atoms with van der Waals surface area (Å²) in [7, 11) is -3.53. The van der Waals surface area contributed by atoms with Gasteiger partial charge in [-0.3, -0.25) is 0 Å². The van der Waals surface area contributed by atoms with E-state index < -0.39 is 10.0 Å². The Morgan fingerprint density at radius 3 is 2.81 bits per heavy atom. The molecule has 2 aromatic heterocycles. The van der Waals surface area contributed by atoms with Crippen molar-refractivity contribution < 1.29 is 8.42 Å². The van der Waals surface area contributed by atoms with Crippen LogP contribution in [0.5, 0.6) is 0 Å². The Morgan fingerprint density at radius 1 is 1.48 bits per heavy atom. The highest BCUT2D eigenvalue weighted by Gasteiger charge is 2.18. The molecule has 0 aliphatic rings. The number of nitrogens with zero attached hydrogens (tertiary/aromatic N) is 2. The van der Waals surface area contributed by atoms with Gasteiger partial charge in [0, 0.05) is 42.6 Å². The van der Waals surface area contributed by atoms with Crippen molar-refractivity contribution in [2.45, 2.75) is 44.8 Å². The van der Waals surface area contributed by atoms with Crippen LogP contribution >= 0.6 is 11.3 Å². The van der Waals surface area contributed by atoms with Gasteiger partial charge in [-0.15, -0.1) is 11.3 Å². The van der Waals surface area contributed by atoms with Gasteiger partial charge < -0.3 is 10.3 Å². The predicted molar refractivity (Wildman–Crippen MR) is 83.5 cm³/mol. The molecule has 0 bridgehead atoms. The number of aryl methyl sites for hydroxylation is 2. The number of aromatic nitrogens is 2. The third kappa shape index (κ3) is 3.91. The van der Waals surface area contributed by atoms with Crippen molar-refractivity contribution in [3.63, 3.8) is 0 Å². The van der Waals surface area contributed by atoms with Crippen molar-refractivity contribution in [2.75, 3.05) is 0 Å². The van der Waals surface area contributed by atoms with E-state index in [1.54, 1.807) is 18.5 Å². The number of nitrogens with two attached hydrogens (primary N) is 1. The number of nitrogens with one attached hydrogen (secondary N) is 1. The summed E-state index contributed by atoms with van der Waals surface area (Å²) in [5.41, 5.74) is 6.49. The Morgan fingerprint density at radius 2 is 2.24 bits per heavy atom. The fourth-order valence-electron chi connectivity index (χ4n) is 2.03. The maximum absolute atomic E-state index is 12.3. The van der Waals surface area contributed by atoms with Crippen LogP contribution in [0.15, 0.2) is 23.4 Å². The summed E-state index contributed by atoms with van der Waals surface area (Å²) >= 11 is 1.48. The highest BCUT2D eigenvalue weighted by molar-refractivity contribution is 7.89. The molecule has 0 radical (unpaired) electrons. The minimum Gasteiger partial charge on any atom is -0.349 e. The normalized spacial score (nSPS) is 12.0. The van der Waals surface area contributed by atoms with Gasteiger partial charge in [0.1, 0.15) is 0 Å². The maximum Gasteiger partial charge on any atom is 0.242 e. The highest BCUT2D eigenvalue weighted by atomic mass is 32.2. The average molecular weight is 328 g/mol. The van der Waals surface area contributed by atoms with Gasteiger partial charge in [0.2, 0.25) is 10.0 Å². The number of sulfonamides is 1. The second-order valence-corrected chi connectivity index (χ2v) is 7.82. The summed E-state index contributed by atoms with van der Waals surface area (Å²) in [5, 5.41) is 0.920. The van der Waals surface area contributed by atoms with Gasteiger partial charge in [-0.05, 0) is 19.4 Å². The predicted octanol–water partition coefficient (Wildman–Crippen LogP) is 1.60. The van der Waals surface area contributed by atoms with Gasteiger partial charge in [0.25, 0.3) is 0 Å². The molecule has 21 heavy (non-hydrogen) atoms. The topological polar surface area (TPSA) is 90.0 Å². The molecule has 0 unspecified atom stereocenters. The van der Waals surface area contributed by atoms with E-state index in [-0.39, 0.29) is 11.4 Å². The second kappa shape index (κ2) is 6.69. The zero-order valence-electron chi connectivity index (χ0n) is 12.2. The first-order valence-corrected chi connectivity index (χ1v) is 9.06. The standard InChI is InChI=1S/C13H20N4O2S2/c1-3-4-17-9-13(5-11(17)6-14)21(18,19)16-8-12-7-15-10(2)20-12/h5,7,9,16H,3-4,6,8,14H2,1-2H3. The first kappa shape index (κ1) is 16.2. The Kier molecular flexibility index (Phi) is 5.15. The fourth-order valence-corrected chi connectivity index (χ4v) is 3.92. The van der Waals surface area contributed by atoms with Gasteiger partial charge >= 0.3 is 0 Å². The fraction of sp³-hybridized carbons (Fsp3) is 0.462. The molecule has 3 N–H and O–H groups in total. The van der Waals surface area contributed by atoms with Crippen LogP contribution < -0.4 is 10.5 Å². The Labute approximate surface area is 129 Å². The largest absolute Gasteiger partial charge is 0.349 e. The van der Waals surface area contributed by atoms with E-state index in [1.807, 2.05) is 18.4 Å². The molecular weight excluding hydrogens is 308 g/mol. The van der Waals surface area contributed by atoms with E-state index in [1.165, 1.54) is 11.3 Å². The van der Waals surface area contributed by atoms with Crippen LogP contribution in [0.2, 0.25) is 0 Å². The maximum atomic E-state index is 12.3. The quantitative estimate of drug-likeness (QED) is 0.808. The highest BCUT2D eigenvalue weighted by Crippen LogP contribution is 2.17. The monoisotopic (exact) mass is 328 g/mol. The molecule has 116 valence electrons. The van der Waals surface area contributed by atoms with Crippen LogP contribution in [0.4, 0.5) is 0 Å². The van der Waals surface area contributed by atoms with E-state index in [0.717, 1.165) is 28.5 Å². The Hall–Kier alpha value is -1.22. The van der Waals surface area contributed by atoms with E-state index in [4.69, 9.17) is 5.73 Å². The SMILES string of the molecule is CCCn1cc(S(=O)(=O)NCc2cnc(C)s2)cc1CN. The van der Waals surface area contributed by atoms with Crippen molar-refractivity contribution in [2.24, 2.45) is 5.73 Å². The Balaban J connectivity index is 2.15. The van der Waals surface area contributed by atoms with Crippen LogP contribution in [0.25, 0.3) is 0 Å². The van der Waals surface area contributed by atoms with Crippen molar-refractivity contribution in [1.29, 1.82) is 0 Å². The molecular formula is C13H20N4O2S2. The third-order valence-corrected chi connectivity index (χ3v) is 5.33. The van der Waals surface area contributed by atoms with Crippen molar-refractivity contribution in [1.82, 2.24) is 14.3 Å². The molecule has 0 atom stereocenters. The van der Waals surface area contributed by atoms with Crippen molar-refractivity contribution in [3.8, 4) is 0 Å². The molecule has 8 heteroatoms. The van der Waals surface area contributed by atoms with Crippen LogP contribution in [-0.4, -0.2) is 18.0 Å². The molecule has 0 fully saturated rings. The first-order valence-electron chi connectivity index (χ1n) is 6.76. The lowest BCUT2D eigenvalue weighted by Gasteiger charge is -2.04. The van der Waals surface area contributed by atoms with Crippen LogP contribution in [0, 0.1) is 6.92 Å². The molecule has 0 saturated carbocycles. The lowest BCUT2D eigenvalue weighted by Crippen LogP contribution is -2.22. The van der Waals surface area contributed by atoms with Crippen LogP contribution in [0.3, 0.4) is 0 Å². The minimum atomic E-state index is -3.53. The zero-order valence-corrected chi connectivity index (χ0v) is 13.8. The zero-order chi connectivity index (χ0) is 15.5. The second-order valence-electron chi connectivity index (χ2n) is 4.73. The molecule has 0 spiro atoms.